The van der Waals surface area contributed by atoms with Gasteiger partial charge in [0.05, 0.1) is 0 Å². The first-order valence-corrected chi connectivity index (χ1v) is 14.0. The zero-order valence-corrected chi connectivity index (χ0v) is 24.5. The van der Waals surface area contributed by atoms with E-state index >= 15 is 0 Å². The molecule has 0 radical (unpaired) electrons. The van der Waals surface area contributed by atoms with Crippen LogP contribution < -0.4 is 15.9 Å². The zero-order chi connectivity index (χ0) is 25.6. The molecule has 0 bridgehead atoms. The largest absolute Gasteiger partial charge is 0.0590 e. The van der Waals surface area contributed by atoms with E-state index in [1.165, 1.54) is 49.3 Å². The van der Waals surface area contributed by atoms with Crippen molar-refractivity contribution >= 4 is 23.8 Å². The van der Waals surface area contributed by atoms with Gasteiger partial charge in [0.2, 0.25) is 0 Å². The molecule has 3 aromatic carbocycles. The molecule has 0 amide bonds. The van der Waals surface area contributed by atoms with Crippen LogP contribution in [-0.4, -0.2) is 0 Å². The Bertz CT molecular complexity index is 1030. The number of rotatable bonds is 3. The molecule has 0 aliphatic carbocycles. The molecule has 0 fully saturated rings. The summed E-state index contributed by atoms with van der Waals surface area (Å²) in [5.41, 5.74) is 8.62. The van der Waals surface area contributed by atoms with Gasteiger partial charge in [0.1, 0.15) is 0 Å². The Morgan fingerprint density at radius 3 is 0.853 bits per heavy atom. The summed E-state index contributed by atoms with van der Waals surface area (Å²) < 4.78 is 0. The maximum absolute atomic E-state index is 2.48. The third kappa shape index (κ3) is 5.66. The summed E-state index contributed by atoms with van der Waals surface area (Å²) in [6.45, 7) is 27.9. The molecule has 0 spiro atoms. The molecule has 182 valence electrons. The summed E-state index contributed by atoms with van der Waals surface area (Å²) in [4.78, 5) is 0. The van der Waals surface area contributed by atoms with Gasteiger partial charge >= 0.3 is 0 Å². The number of aryl methyl sites for hydroxylation is 3. The Kier molecular flexibility index (Phi) is 7.28. The molecule has 0 heterocycles. The minimum Gasteiger partial charge on any atom is -0.0590 e. The summed E-state index contributed by atoms with van der Waals surface area (Å²) in [6, 6.07) is 21.5. The summed E-state index contributed by atoms with van der Waals surface area (Å²) >= 11 is 0. The molecule has 3 aromatic rings. The first kappa shape index (κ1) is 26.7. The second-order valence-electron chi connectivity index (χ2n) is 13.1. The van der Waals surface area contributed by atoms with E-state index in [2.05, 4.69) is 138 Å². The lowest BCUT2D eigenvalue weighted by Gasteiger charge is -2.35. The maximum atomic E-state index is 2.48. The van der Waals surface area contributed by atoms with Gasteiger partial charge in [-0.05, 0) is 77.5 Å². The SMILES string of the molecule is Cc1ccc(C(C)(C)C)c(P(c2cc(C)ccc2C(C)(C)C)c2cc(C)ccc2C(C)(C)C)c1. The van der Waals surface area contributed by atoms with E-state index in [1.54, 1.807) is 0 Å². The van der Waals surface area contributed by atoms with Crippen molar-refractivity contribution in [1.82, 2.24) is 0 Å². The van der Waals surface area contributed by atoms with Crippen molar-refractivity contribution in [2.75, 3.05) is 0 Å². The zero-order valence-electron chi connectivity index (χ0n) is 23.6. The highest BCUT2D eigenvalue weighted by atomic mass is 31.1. The normalized spacial score (nSPS) is 13.0. The molecule has 34 heavy (non-hydrogen) atoms. The van der Waals surface area contributed by atoms with E-state index in [-0.39, 0.29) is 16.2 Å². The first-order valence-electron chi connectivity index (χ1n) is 12.6. The van der Waals surface area contributed by atoms with E-state index in [0.717, 1.165) is 0 Å². The van der Waals surface area contributed by atoms with Crippen LogP contribution in [0.15, 0.2) is 54.6 Å². The van der Waals surface area contributed by atoms with Crippen molar-refractivity contribution in [2.24, 2.45) is 0 Å². The van der Waals surface area contributed by atoms with Gasteiger partial charge in [-0.2, -0.15) is 0 Å². The maximum Gasteiger partial charge on any atom is -0.0111 e. The van der Waals surface area contributed by atoms with E-state index < -0.39 is 7.92 Å². The van der Waals surface area contributed by atoms with Crippen LogP contribution in [-0.2, 0) is 16.2 Å². The van der Waals surface area contributed by atoms with Gasteiger partial charge in [0.25, 0.3) is 0 Å². The summed E-state index contributed by atoms with van der Waals surface area (Å²) in [5, 5.41) is 4.53. The third-order valence-electron chi connectivity index (χ3n) is 6.61. The molecular weight excluding hydrogens is 427 g/mol. The van der Waals surface area contributed by atoms with Crippen molar-refractivity contribution in [1.29, 1.82) is 0 Å². The van der Waals surface area contributed by atoms with Gasteiger partial charge in [-0.15, -0.1) is 0 Å². The van der Waals surface area contributed by atoms with Crippen LogP contribution in [0.25, 0.3) is 0 Å². The molecule has 3 rings (SSSR count). The minimum atomic E-state index is -0.750. The van der Waals surface area contributed by atoms with Crippen LogP contribution in [0.3, 0.4) is 0 Å². The van der Waals surface area contributed by atoms with Crippen LogP contribution >= 0.6 is 7.92 Å². The third-order valence-corrected chi connectivity index (χ3v) is 9.16. The Morgan fingerprint density at radius 2 is 0.647 bits per heavy atom. The quantitative estimate of drug-likeness (QED) is 0.337. The van der Waals surface area contributed by atoms with Gasteiger partial charge in [0, 0.05) is 0 Å². The van der Waals surface area contributed by atoms with E-state index in [9.17, 15) is 0 Å². The first-order chi connectivity index (χ1) is 15.5. The van der Waals surface area contributed by atoms with E-state index in [4.69, 9.17) is 0 Å². The fraction of sp³-hybridized carbons (Fsp3) is 0.455. The molecule has 0 aromatic heterocycles. The number of hydrogen-bond donors (Lipinski definition) is 0. The van der Waals surface area contributed by atoms with Crippen LogP contribution in [0.2, 0.25) is 0 Å². The summed E-state index contributed by atoms with van der Waals surface area (Å²) in [7, 11) is -0.750. The summed E-state index contributed by atoms with van der Waals surface area (Å²) in [5.74, 6) is 0. The minimum absolute atomic E-state index is 0.0705. The topological polar surface area (TPSA) is 0 Å². The van der Waals surface area contributed by atoms with Crippen LogP contribution in [0.1, 0.15) is 95.7 Å². The van der Waals surface area contributed by atoms with E-state index in [1.807, 2.05) is 0 Å². The molecule has 0 saturated heterocycles. The molecule has 0 saturated carbocycles. The van der Waals surface area contributed by atoms with Crippen molar-refractivity contribution in [3.63, 3.8) is 0 Å². The highest BCUT2D eigenvalue weighted by molar-refractivity contribution is 7.80. The Hall–Kier alpha value is -1.91. The van der Waals surface area contributed by atoms with Crippen LogP contribution in [0.4, 0.5) is 0 Å². The van der Waals surface area contributed by atoms with Gasteiger partial charge in [-0.25, -0.2) is 0 Å². The fourth-order valence-corrected chi connectivity index (χ4v) is 8.50. The Morgan fingerprint density at radius 1 is 0.412 bits per heavy atom. The molecule has 0 nitrogen and oxygen atoms in total. The fourth-order valence-electron chi connectivity index (χ4n) is 4.77. The summed E-state index contributed by atoms with van der Waals surface area (Å²) in [6.07, 6.45) is 0. The highest BCUT2D eigenvalue weighted by Gasteiger charge is 2.32. The van der Waals surface area contributed by atoms with Crippen molar-refractivity contribution in [3.05, 3.63) is 88.0 Å². The number of hydrogen-bond acceptors (Lipinski definition) is 0. The van der Waals surface area contributed by atoms with Gasteiger partial charge < -0.3 is 0 Å². The molecule has 0 unspecified atom stereocenters. The van der Waals surface area contributed by atoms with Crippen LogP contribution in [0.5, 0.6) is 0 Å². The number of benzene rings is 3. The lowest BCUT2D eigenvalue weighted by Crippen LogP contribution is -2.35. The van der Waals surface area contributed by atoms with E-state index in [0.29, 0.717) is 0 Å². The predicted octanol–water partition coefficient (Wildman–Crippen LogP) is 8.26. The second-order valence-corrected chi connectivity index (χ2v) is 15.3. The Labute approximate surface area is 211 Å². The van der Waals surface area contributed by atoms with Crippen molar-refractivity contribution in [2.45, 2.75) is 99.3 Å². The molecule has 0 aliphatic rings. The van der Waals surface area contributed by atoms with Crippen molar-refractivity contribution in [3.8, 4) is 0 Å². The molecule has 0 aliphatic heterocycles. The standard InChI is InChI=1S/C33H45P/c1-22-13-16-25(31(4,5)6)28(19-22)34(29-20-23(2)14-17-26(29)32(7,8)9)30-21-24(3)15-18-27(30)33(10,11)12/h13-21H,1-12H3. The average Bonchev–Trinajstić information content (AvgIpc) is 2.65. The lowest BCUT2D eigenvalue weighted by atomic mass is 9.86. The monoisotopic (exact) mass is 472 g/mol. The lowest BCUT2D eigenvalue weighted by molar-refractivity contribution is 0.592. The highest BCUT2D eigenvalue weighted by Crippen LogP contribution is 2.43. The smallest absolute Gasteiger partial charge is 0.0111 e. The molecule has 0 N–H and O–H groups in total. The van der Waals surface area contributed by atoms with Crippen LogP contribution in [0, 0.1) is 20.8 Å². The van der Waals surface area contributed by atoms with Crippen molar-refractivity contribution < 1.29 is 0 Å². The molecule has 0 atom stereocenters. The van der Waals surface area contributed by atoms with Gasteiger partial charge in [0.15, 0.2) is 0 Å². The van der Waals surface area contributed by atoms with Gasteiger partial charge in [-0.1, -0.05) is 134 Å². The van der Waals surface area contributed by atoms with Gasteiger partial charge in [-0.3, -0.25) is 0 Å². The second kappa shape index (κ2) is 9.28. The molecular formula is C33H45P. The predicted molar refractivity (Wildman–Crippen MR) is 155 cm³/mol. The molecule has 1 heteroatoms. The average molecular weight is 473 g/mol. The Balaban J connectivity index is 2.55.